The standard InChI is InChI=1S/C22H21FN2O.2ClH/c23-20-8-5-17(6-9-20)19-11-16(12-24-14-19)13-25-15-21-10-7-18-3-1-2-4-22(18)26-21;;/h1-6,8-9,11-12,14,21,25H,7,10,13,15H2;2*1H/t21-;;/m0../s1. The Balaban J connectivity index is 0.00000140. The van der Waals surface area contributed by atoms with Crippen molar-refractivity contribution in [3.05, 3.63) is 83.9 Å². The second kappa shape index (κ2) is 10.4. The number of pyridine rings is 1. The maximum absolute atomic E-state index is 13.1. The molecule has 2 heterocycles. The fraction of sp³-hybridized carbons (Fsp3) is 0.227. The van der Waals surface area contributed by atoms with Crippen LogP contribution in [-0.4, -0.2) is 17.6 Å². The summed E-state index contributed by atoms with van der Waals surface area (Å²) < 4.78 is 19.1. The molecule has 0 saturated carbocycles. The highest BCUT2D eigenvalue weighted by Gasteiger charge is 2.18. The lowest BCUT2D eigenvalue weighted by Gasteiger charge is -2.26. The first-order valence-electron chi connectivity index (χ1n) is 8.93. The highest BCUT2D eigenvalue weighted by atomic mass is 35.5. The van der Waals surface area contributed by atoms with Crippen LogP contribution in [0.4, 0.5) is 4.39 Å². The van der Waals surface area contributed by atoms with Gasteiger partial charge in [-0.25, -0.2) is 4.39 Å². The van der Waals surface area contributed by atoms with Crippen LogP contribution in [0.25, 0.3) is 11.1 Å². The Hall–Kier alpha value is -2.14. The normalized spacial score (nSPS) is 14.8. The summed E-state index contributed by atoms with van der Waals surface area (Å²) in [6.45, 7) is 1.53. The van der Waals surface area contributed by atoms with E-state index in [0.717, 1.165) is 48.4 Å². The van der Waals surface area contributed by atoms with Crippen molar-refractivity contribution in [3.63, 3.8) is 0 Å². The summed E-state index contributed by atoms with van der Waals surface area (Å²) in [4.78, 5) is 4.31. The third-order valence-corrected chi connectivity index (χ3v) is 4.68. The van der Waals surface area contributed by atoms with Gasteiger partial charge in [-0.15, -0.1) is 24.8 Å². The molecule has 28 heavy (non-hydrogen) atoms. The molecule has 6 heteroatoms. The van der Waals surface area contributed by atoms with Crippen LogP contribution in [0.1, 0.15) is 17.5 Å². The third kappa shape index (κ3) is 5.44. The number of nitrogens with zero attached hydrogens (tertiary/aromatic N) is 1. The minimum atomic E-state index is -0.228. The van der Waals surface area contributed by atoms with Crippen molar-refractivity contribution in [2.45, 2.75) is 25.5 Å². The lowest BCUT2D eigenvalue weighted by atomic mass is 10.0. The van der Waals surface area contributed by atoms with Crippen LogP contribution in [-0.2, 0) is 13.0 Å². The van der Waals surface area contributed by atoms with Gasteiger partial charge in [-0.05, 0) is 53.8 Å². The highest BCUT2D eigenvalue weighted by molar-refractivity contribution is 5.85. The van der Waals surface area contributed by atoms with Gasteiger partial charge >= 0.3 is 0 Å². The first kappa shape index (κ1) is 22.2. The van der Waals surface area contributed by atoms with Crippen molar-refractivity contribution in [1.29, 1.82) is 0 Å². The van der Waals surface area contributed by atoms with E-state index >= 15 is 0 Å². The van der Waals surface area contributed by atoms with Crippen LogP contribution in [0.5, 0.6) is 5.75 Å². The Kier molecular flexibility index (Phi) is 8.24. The second-order valence-corrected chi connectivity index (χ2v) is 6.61. The van der Waals surface area contributed by atoms with Gasteiger partial charge in [-0.3, -0.25) is 4.98 Å². The van der Waals surface area contributed by atoms with Gasteiger partial charge in [-0.2, -0.15) is 0 Å². The smallest absolute Gasteiger partial charge is 0.123 e. The summed E-state index contributed by atoms with van der Waals surface area (Å²) in [5.74, 6) is 0.777. The van der Waals surface area contributed by atoms with E-state index in [-0.39, 0.29) is 36.7 Å². The zero-order chi connectivity index (χ0) is 17.8. The summed E-state index contributed by atoms with van der Waals surface area (Å²) >= 11 is 0. The largest absolute Gasteiger partial charge is 0.489 e. The summed E-state index contributed by atoms with van der Waals surface area (Å²) in [6.07, 6.45) is 5.94. The van der Waals surface area contributed by atoms with Gasteiger partial charge < -0.3 is 10.1 Å². The van der Waals surface area contributed by atoms with E-state index in [1.165, 1.54) is 17.7 Å². The molecule has 2 aromatic carbocycles. The topological polar surface area (TPSA) is 34.2 Å². The maximum atomic E-state index is 13.1. The first-order chi connectivity index (χ1) is 12.8. The Morgan fingerprint density at radius 2 is 1.79 bits per heavy atom. The lowest BCUT2D eigenvalue weighted by molar-refractivity contribution is 0.170. The van der Waals surface area contributed by atoms with Gasteiger partial charge in [0.15, 0.2) is 0 Å². The molecular weight excluding hydrogens is 398 g/mol. The maximum Gasteiger partial charge on any atom is 0.123 e. The Labute approximate surface area is 177 Å². The molecule has 1 aliphatic rings. The van der Waals surface area contributed by atoms with Crippen molar-refractivity contribution >= 4 is 24.8 Å². The number of hydrogen-bond donors (Lipinski definition) is 1. The average molecular weight is 421 g/mol. The van der Waals surface area contributed by atoms with Crippen molar-refractivity contribution in [2.75, 3.05) is 6.54 Å². The Morgan fingerprint density at radius 3 is 2.61 bits per heavy atom. The number of halogens is 3. The van der Waals surface area contributed by atoms with E-state index in [4.69, 9.17) is 4.74 Å². The van der Waals surface area contributed by atoms with E-state index < -0.39 is 0 Å². The van der Waals surface area contributed by atoms with Gasteiger partial charge in [-0.1, -0.05) is 30.3 Å². The Bertz CT molecular complexity index is 890. The summed E-state index contributed by atoms with van der Waals surface area (Å²) in [7, 11) is 0. The van der Waals surface area contributed by atoms with Crippen LogP contribution >= 0.6 is 24.8 Å². The van der Waals surface area contributed by atoms with Gasteiger partial charge in [0.1, 0.15) is 17.7 Å². The molecule has 3 nitrogen and oxygen atoms in total. The van der Waals surface area contributed by atoms with Crippen molar-refractivity contribution in [1.82, 2.24) is 10.3 Å². The fourth-order valence-electron chi connectivity index (χ4n) is 3.29. The molecular formula is C22H23Cl2FN2O. The molecule has 4 rings (SSSR count). The lowest BCUT2D eigenvalue weighted by Crippen LogP contribution is -2.33. The number of aryl methyl sites for hydroxylation is 1. The number of nitrogens with one attached hydrogen (secondary N) is 1. The summed E-state index contributed by atoms with van der Waals surface area (Å²) in [6, 6.07) is 16.8. The number of hydrogen-bond acceptors (Lipinski definition) is 3. The van der Waals surface area contributed by atoms with Gasteiger partial charge in [0, 0.05) is 31.0 Å². The highest BCUT2D eigenvalue weighted by Crippen LogP contribution is 2.26. The number of rotatable bonds is 5. The molecule has 0 aliphatic carbocycles. The first-order valence-corrected chi connectivity index (χ1v) is 8.93. The van der Waals surface area contributed by atoms with E-state index in [2.05, 4.69) is 28.5 Å². The van der Waals surface area contributed by atoms with E-state index in [9.17, 15) is 4.39 Å². The van der Waals surface area contributed by atoms with Gasteiger partial charge in [0.25, 0.3) is 0 Å². The van der Waals surface area contributed by atoms with E-state index in [1.807, 2.05) is 18.3 Å². The molecule has 1 aliphatic heterocycles. The number of para-hydroxylation sites is 1. The monoisotopic (exact) mass is 420 g/mol. The number of aromatic nitrogens is 1. The SMILES string of the molecule is Cl.Cl.Fc1ccc(-c2cncc(CNC[C@@H]3CCc4ccccc4O3)c2)cc1. The predicted octanol–water partition coefficient (Wildman–Crippen LogP) is 5.21. The number of ether oxygens (including phenoxy) is 1. The molecule has 0 radical (unpaired) electrons. The van der Waals surface area contributed by atoms with Crippen LogP contribution in [0, 0.1) is 5.82 Å². The molecule has 0 spiro atoms. The zero-order valence-electron chi connectivity index (χ0n) is 15.3. The molecule has 1 atom stereocenters. The predicted molar refractivity (Wildman–Crippen MR) is 115 cm³/mol. The summed E-state index contributed by atoms with van der Waals surface area (Å²) in [5, 5.41) is 3.47. The van der Waals surface area contributed by atoms with Crippen molar-refractivity contribution in [3.8, 4) is 16.9 Å². The minimum absolute atomic E-state index is 0. The molecule has 3 aromatic rings. The van der Waals surface area contributed by atoms with Crippen LogP contribution in [0.15, 0.2) is 67.0 Å². The third-order valence-electron chi connectivity index (χ3n) is 4.68. The van der Waals surface area contributed by atoms with Gasteiger partial charge in [0.2, 0.25) is 0 Å². The number of benzene rings is 2. The summed E-state index contributed by atoms with van der Waals surface area (Å²) in [5.41, 5.74) is 4.35. The molecule has 0 bridgehead atoms. The minimum Gasteiger partial charge on any atom is -0.489 e. The molecule has 1 N–H and O–H groups in total. The van der Waals surface area contributed by atoms with Crippen LogP contribution < -0.4 is 10.1 Å². The molecule has 0 amide bonds. The van der Waals surface area contributed by atoms with E-state index in [1.54, 1.807) is 18.3 Å². The second-order valence-electron chi connectivity index (χ2n) is 6.61. The van der Waals surface area contributed by atoms with Gasteiger partial charge in [0.05, 0.1) is 0 Å². The van der Waals surface area contributed by atoms with Crippen LogP contribution in [0.2, 0.25) is 0 Å². The molecule has 0 unspecified atom stereocenters. The molecule has 0 fully saturated rings. The molecule has 0 saturated heterocycles. The molecule has 148 valence electrons. The quantitative estimate of drug-likeness (QED) is 0.614. The number of fused-ring (bicyclic) bond motifs is 1. The van der Waals surface area contributed by atoms with Crippen molar-refractivity contribution < 1.29 is 9.13 Å². The van der Waals surface area contributed by atoms with Crippen LogP contribution in [0.3, 0.4) is 0 Å². The molecule has 1 aromatic heterocycles. The average Bonchev–Trinajstić information content (AvgIpc) is 2.69. The van der Waals surface area contributed by atoms with E-state index in [0.29, 0.717) is 0 Å². The van der Waals surface area contributed by atoms with Crippen molar-refractivity contribution in [2.24, 2.45) is 0 Å². The fourth-order valence-corrected chi connectivity index (χ4v) is 3.29. The zero-order valence-corrected chi connectivity index (χ0v) is 16.9. The Morgan fingerprint density at radius 1 is 1.00 bits per heavy atom.